The number of hydrogen-bond donors (Lipinski definition) is 1. The van der Waals surface area contributed by atoms with Crippen molar-refractivity contribution < 1.29 is 4.74 Å². The van der Waals surface area contributed by atoms with Gasteiger partial charge in [0, 0.05) is 17.7 Å². The Labute approximate surface area is 121 Å². The lowest BCUT2D eigenvalue weighted by atomic mass is 9.76. The minimum atomic E-state index is 0.345. The summed E-state index contributed by atoms with van der Waals surface area (Å²) in [5, 5.41) is 4.42. The molecular formula is C16H24ClNO. The Kier molecular flexibility index (Phi) is 5.68. The van der Waals surface area contributed by atoms with Gasteiger partial charge in [-0.3, -0.25) is 0 Å². The molecule has 1 aliphatic rings. The Morgan fingerprint density at radius 2 is 1.95 bits per heavy atom. The van der Waals surface area contributed by atoms with Gasteiger partial charge in [-0.25, -0.2) is 0 Å². The molecule has 0 aromatic heterocycles. The zero-order valence-electron chi connectivity index (χ0n) is 11.9. The minimum absolute atomic E-state index is 0.345. The van der Waals surface area contributed by atoms with Gasteiger partial charge >= 0.3 is 0 Å². The van der Waals surface area contributed by atoms with Gasteiger partial charge in [-0.15, -0.1) is 0 Å². The smallest absolute Gasteiger partial charge is 0.0518 e. The molecule has 0 unspecified atom stereocenters. The van der Waals surface area contributed by atoms with E-state index in [0.29, 0.717) is 18.1 Å². The van der Waals surface area contributed by atoms with Crippen LogP contribution in [-0.2, 0) is 4.74 Å². The summed E-state index contributed by atoms with van der Waals surface area (Å²) in [6.07, 6.45) is 3.93. The van der Waals surface area contributed by atoms with Crippen LogP contribution in [0.15, 0.2) is 24.3 Å². The molecule has 0 bridgehead atoms. The first-order chi connectivity index (χ1) is 9.15. The average molecular weight is 282 g/mol. The van der Waals surface area contributed by atoms with Crippen LogP contribution in [0.25, 0.3) is 0 Å². The van der Waals surface area contributed by atoms with E-state index in [2.05, 4.69) is 31.3 Å². The second-order valence-electron chi connectivity index (χ2n) is 5.64. The van der Waals surface area contributed by atoms with Crippen LogP contribution in [0, 0.1) is 0 Å². The van der Waals surface area contributed by atoms with Crippen molar-refractivity contribution >= 4 is 11.6 Å². The summed E-state index contributed by atoms with van der Waals surface area (Å²) in [7, 11) is 0. The van der Waals surface area contributed by atoms with Crippen LogP contribution in [0.1, 0.15) is 44.6 Å². The van der Waals surface area contributed by atoms with Gasteiger partial charge in [-0.05, 0) is 63.3 Å². The maximum atomic E-state index is 5.90. The number of nitrogens with one attached hydrogen (secondary N) is 1. The molecule has 0 heterocycles. The quantitative estimate of drug-likeness (QED) is 0.763. The highest BCUT2D eigenvalue weighted by molar-refractivity contribution is 6.30. The molecule has 1 aliphatic carbocycles. The first-order valence-corrected chi connectivity index (χ1v) is 7.63. The third kappa shape index (κ3) is 4.79. The first-order valence-electron chi connectivity index (χ1n) is 7.25. The first kappa shape index (κ1) is 14.8. The van der Waals surface area contributed by atoms with E-state index < -0.39 is 0 Å². The molecule has 0 aliphatic heterocycles. The number of rotatable bonds is 7. The minimum Gasteiger partial charge on any atom is -0.379 e. The molecule has 0 saturated heterocycles. The van der Waals surface area contributed by atoms with Gasteiger partial charge in [-0.1, -0.05) is 23.7 Å². The van der Waals surface area contributed by atoms with Crippen LogP contribution < -0.4 is 5.32 Å². The summed E-state index contributed by atoms with van der Waals surface area (Å²) in [5.74, 6) is 0.710. The Hall–Kier alpha value is -0.570. The predicted octanol–water partition coefficient (Wildman–Crippen LogP) is 3.99. The van der Waals surface area contributed by atoms with E-state index in [9.17, 15) is 0 Å². The number of hydrogen-bond acceptors (Lipinski definition) is 2. The molecular weight excluding hydrogens is 258 g/mol. The van der Waals surface area contributed by atoms with Gasteiger partial charge in [0.2, 0.25) is 0 Å². The third-order valence-electron chi connectivity index (χ3n) is 3.68. The molecule has 3 heteroatoms. The fourth-order valence-electron chi connectivity index (χ4n) is 2.49. The Bertz CT molecular complexity index is 371. The molecule has 1 N–H and O–H groups in total. The van der Waals surface area contributed by atoms with E-state index in [1.165, 1.54) is 18.4 Å². The Balaban J connectivity index is 1.57. The SMILES string of the molecule is CC(C)OCCCNC1CC(c2ccc(Cl)cc2)C1. The Morgan fingerprint density at radius 3 is 2.58 bits per heavy atom. The molecule has 0 radical (unpaired) electrons. The van der Waals surface area contributed by atoms with Crippen LogP contribution in [0.2, 0.25) is 5.02 Å². The molecule has 1 aromatic rings. The zero-order valence-corrected chi connectivity index (χ0v) is 12.6. The van der Waals surface area contributed by atoms with Gasteiger partial charge in [0.1, 0.15) is 0 Å². The van der Waals surface area contributed by atoms with Crippen molar-refractivity contribution in [2.75, 3.05) is 13.2 Å². The van der Waals surface area contributed by atoms with Crippen molar-refractivity contribution in [1.82, 2.24) is 5.32 Å². The summed E-state index contributed by atoms with van der Waals surface area (Å²) in [6.45, 7) is 6.08. The van der Waals surface area contributed by atoms with Crippen molar-refractivity contribution in [3.8, 4) is 0 Å². The molecule has 2 nitrogen and oxygen atoms in total. The molecule has 0 amide bonds. The van der Waals surface area contributed by atoms with Gasteiger partial charge in [-0.2, -0.15) is 0 Å². The monoisotopic (exact) mass is 281 g/mol. The van der Waals surface area contributed by atoms with Gasteiger partial charge in [0.05, 0.1) is 6.10 Å². The van der Waals surface area contributed by atoms with E-state index in [4.69, 9.17) is 16.3 Å². The molecule has 1 aromatic carbocycles. The number of benzene rings is 1. The molecule has 0 spiro atoms. The molecule has 19 heavy (non-hydrogen) atoms. The van der Waals surface area contributed by atoms with Gasteiger partial charge in [0.25, 0.3) is 0 Å². The fourth-order valence-corrected chi connectivity index (χ4v) is 2.62. The van der Waals surface area contributed by atoms with Crippen molar-refractivity contribution in [3.05, 3.63) is 34.9 Å². The molecule has 1 fully saturated rings. The average Bonchev–Trinajstić information content (AvgIpc) is 2.32. The highest BCUT2D eigenvalue weighted by atomic mass is 35.5. The highest BCUT2D eigenvalue weighted by Crippen LogP contribution is 2.37. The van der Waals surface area contributed by atoms with Crippen LogP contribution >= 0.6 is 11.6 Å². The summed E-state index contributed by atoms with van der Waals surface area (Å²) in [4.78, 5) is 0. The highest BCUT2D eigenvalue weighted by Gasteiger charge is 2.29. The molecule has 0 atom stereocenters. The van der Waals surface area contributed by atoms with Crippen molar-refractivity contribution in [1.29, 1.82) is 0 Å². The van der Waals surface area contributed by atoms with Gasteiger partial charge in [0.15, 0.2) is 0 Å². The van der Waals surface area contributed by atoms with E-state index >= 15 is 0 Å². The predicted molar refractivity (Wildman–Crippen MR) is 80.9 cm³/mol. The Morgan fingerprint density at radius 1 is 1.26 bits per heavy atom. The lowest BCUT2D eigenvalue weighted by Crippen LogP contribution is -2.40. The topological polar surface area (TPSA) is 21.3 Å². The van der Waals surface area contributed by atoms with E-state index in [0.717, 1.165) is 24.6 Å². The van der Waals surface area contributed by atoms with Crippen molar-refractivity contribution in [3.63, 3.8) is 0 Å². The molecule has 2 rings (SSSR count). The van der Waals surface area contributed by atoms with Crippen LogP contribution in [-0.4, -0.2) is 25.3 Å². The van der Waals surface area contributed by atoms with E-state index in [1.54, 1.807) is 0 Å². The second-order valence-corrected chi connectivity index (χ2v) is 6.08. The molecule has 106 valence electrons. The van der Waals surface area contributed by atoms with Crippen LogP contribution in [0.3, 0.4) is 0 Å². The maximum absolute atomic E-state index is 5.90. The lowest BCUT2D eigenvalue weighted by Gasteiger charge is -2.36. The van der Waals surface area contributed by atoms with Crippen molar-refractivity contribution in [2.24, 2.45) is 0 Å². The standard InChI is InChI=1S/C16H24ClNO/c1-12(2)19-9-3-8-18-16-10-14(11-16)13-4-6-15(17)7-5-13/h4-7,12,14,16,18H,3,8-11H2,1-2H3. The number of ether oxygens (including phenoxy) is 1. The maximum Gasteiger partial charge on any atom is 0.0518 e. The van der Waals surface area contributed by atoms with Gasteiger partial charge < -0.3 is 10.1 Å². The summed E-state index contributed by atoms with van der Waals surface area (Å²) >= 11 is 5.90. The normalized spacial score (nSPS) is 22.5. The van der Waals surface area contributed by atoms with Crippen LogP contribution in [0.4, 0.5) is 0 Å². The zero-order chi connectivity index (χ0) is 13.7. The molecule has 1 saturated carbocycles. The largest absolute Gasteiger partial charge is 0.379 e. The fraction of sp³-hybridized carbons (Fsp3) is 0.625. The second kappa shape index (κ2) is 7.28. The summed E-state index contributed by atoms with van der Waals surface area (Å²) < 4.78 is 5.52. The summed E-state index contributed by atoms with van der Waals surface area (Å²) in [6, 6.07) is 8.96. The lowest BCUT2D eigenvalue weighted by molar-refractivity contribution is 0.0760. The van der Waals surface area contributed by atoms with Crippen LogP contribution in [0.5, 0.6) is 0 Å². The third-order valence-corrected chi connectivity index (χ3v) is 3.94. The number of halogens is 1. The van der Waals surface area contributed by atoms with E-state index in [1.807, 2.05) is 12.1 Å². The summed E-state index contributed by atoms with van der Waals surface area (Å²) in [5.41, 5.74) is 1.42. The van der Waals surface area contributed by atoms with Crippen molar-refractivity contribution in [2.45, 2.75) is 51.2 Å². The van der Waals surface area contributed by atoms with E-state index in [-0.39, 0.29) is 0 Å².